The van der Waals surface area contributed by atoms with E-state index in [2.05, 4.69) is 5.32 Å². The van der Waals surface area contributed by atoms with Gasteiger partial charge in [0.2, 0.25) is 0 Å². The molecule has 0 aliphatic carbocycles. The minimum atomic E-state index is -1.08. The van der Waals surface area contributed by atoms with E-state index in [1.54, 1.807) is 0 Å². The van der Waals surface area contributed by atoms with Gasteiger partial charge in [-0.1, -0.05) is 0 Å². The minimum Gasteiger partial charge on any atom is -0.480 e. The Morgan fingerprint density at radius 3 is 2.63 bits per heavy atom. The predicted octanol–water partition coefficient (Wildman–Crippen LogP) is -0.444. The summed E-state index contributed by atoms with van der Waals surface area (Å²) in [4.78, 5) is 26.2. The van der Waals surface area contributed by atoms with Crippen LogP contribution < -0.4 is 5.32 Å². The molecule has 2 amide bonds. The lowest BCUT2D eigenvalue weighted by molar-refractivity contribution is -0.141. The number of aliphatic carboxylic acids is 1. The summed E-state index contributed by atoms with van der Waals surface area (Å²) in [5.74, 6) is -1.08. The van der Waals surface area contributed by atoms with Crippen molar-refractivity contribution < 1.29 is 19.8 Å². The summed E-state index contributed by atoms with van der Waals surface area (Å²) in [5.41, 5.74) is 0. The Kier molecular flexibility index (Phi) is 5.56. The Balaban J connectivity index is 2.50. The Labute approximate surface area is 113 Å². The van der Waals surface area contributed by atoms with E-state index in [1.165, 1.54) is 4.90 Å². The van der Waals surface area contributed by atoms with Crippen molar-refractivity contribution >= 4 is 12.0 Å². The van der Waals surface area contributed by atoms with Crippen LogP contribution in [0.4, 0.5) is 4.79 Å². The van der Waals surface area contributed by atoms with Crippen LogP contribution in [0.3, 0.4) is 0 Å². The molecular weight excluding hydrogens is 250 g/mol. The first-order chi connectivity index (χ1) is 8.81. The number of carbonyl (C=O) groups excluding carboxylic acids is 1. The smallest absolute Gasteiger partial charge is 0.326 e. The van der Waals surface area contributed by atoms with Gasteiger partial charge in [-0.2, -0.15) is 0 Å². The van der Waals surface area contributed by atoms with Crippen LogP contribution in [-0.2, 0) is 4.79 Å². The van der Waals surface area contributed by atoms with E-state index in [9.17, 15) is 14.7 Å². The number of carboxylic acid groups (broad SMARTS) is 1. The highest BCUT2D eigenvalue weighted by molar-refractivity contribution is 5.83. The van der Waals surface area contributed by atoms with E-state index in [4.69, 9.17) is 5.11 Å². The van der Waals surface area contributed by atoms with Crippen molar-refractivity contribution in [2.45, 2.75) is 38.0 Å². The molecule has 3 atom stereocenters. The number of amides is 2. The molecule has 0 aromatic heterocycles. The van der Waals surface area contributed by atoms with Crippen LogP contribution in [0.1, 0.15) is 19.8 Å². The number of β-amino-alcohol motifs (C(OH)–C–C–N with tert-alkyl or cyclic N) is 1. The number of likely N-dealkylation sites (tertiary alicyclic amines) is 1. The number of rotatable bonds is 5. The molecule has 7 heteroatoms. The summed E-state index contributed by atoms with van der Waals surface area (Å²) >= 11 is 0. The molecule has 0 spiro atoms. The van der Waals surface area contributed by atoms with Crippen molar-refractivity contribution in [2.24, 2.45) is 0 Å². The monoisotopic (exact) mass is 273 g/mol. The van der Waals surface area contributed by atoms with Gasteiger partial charge in [-0.3, -0.25) is 0 Å². The van der Waals surface area contributed by atoms with Gasteiger partial charge >= 0.3 is 12.0 Å². The third kappa shape index (κ3) is 4.68. The molecule has 1 unspecified atom stereocenters. The Morgan fingerprint density at radius 2 is 2.11 bits per heavy atom. The second kappa shape index (κ2) is 6.72. The molecule has 0 radical (unpaired) electrons. The summed E-state index contributed by atoms with van der Waals surface area (Å²) in [7, 11) is 3.90. The van der Waals surface area contributed by atoms with E-state index in [-0.39, 0.29) is 19.0 Å². The normalized spacial score (nSPS) is 24.6. The van der Waals surface area contributed by atoms with Gasteiger partial charge in [0.05, 0.1) is 6.10 Å². The standard InChI is InChI=1S/C12H23N3O4/c1-8(4-5-14(2)3)13-12(19)15-7-9(16)6-10(15)11(17)18/h8-10,16H,4-7H2,1-3H3,(H,13,19)(H,17,18)/t8?,9-,10+/m1/s1. The molecule has 110 valence electrons. The van der Waals surface area contributed by atoms with E-state index in [0.717, 1.165) is 13.0 Å². The van der Waals surface area contributed by atoms with Crippen molar-refractivity contribution in [2.75, 3.05) is 27.2 Å². The number of aliphatic hydroxyl groups excluding tert-OH is 1. The number of aliphatic hydroxyl groups is 1. The first-order valence-electron chi connectivity index (χ1n) is 6.44. The zero-order valence-electron chi connectivity index (χ0n) is 11.7. The third-order valence-electron chi connectivity index (χ3n) is 3.20. The van der Waals surface area contributed by atoms with Crippen LogP contribution >= 0.6 is 0 Å². The van der Waals surface area contributed by atoms with Crippen molar-refractivity contribution in [3.05, 3.63) is 0 Å². The van der Waals surface area contributed by atoms with Gasteiger partial charge in [0.25, 0.3) is 0 Å². The van der Waals surface area contributed by atoms with Gasteiger partial charge in [0.1, 0.15) is 6.04 Å². The van der Waals surface area contributed by atoms with Crippen LogP contribution in [0.15, 0.2) is 0 Å². The van der Waals surface area contributed by atoms with Gasteiger partial charge in [-0.15, -0.1) is 0 Å². The number of carbonyl (C=O) groups is 2. The molecule has 1 aliphatic rings. The minimum absolute atomic E-state index is 0.0397. The van der Waals surface area contributed by atoms with Crippen molar-refractivity contribution in [3.63, 3.8) is 0 Å². The molecule has 1 aliphatic heterocycles. The summed E-state index contributed by atoms with van der Waals surface area (Å²) < 4.78 is 0. The number of nitrogens with one attached hydrogen (secondary N) is 1. The molecule has 1 rings (SSSR count). The second-order valence-electron chi connectivity index (χ2n) is 5.34. The van der Waals surface area contributed by atoms with Crippen LogP contribution in [-0.4, -0.2) is 77.4 Å². The molecule has 0 aromatic carbocycles. The van der Waals surface area contributed by atoms with Gasteiger partial charge in [0, 0.05) is 19.0 Å². The van der Waals surface area contributed by atoms with Gasteiger partial charge in [-0.25, -0.2) is 9.59 Å². The summed E-state index contributed by atoms with van der Waals surface area (Å²) in [6.07, 6.45) is 0.116. The Bertz CT molecular complexity index is 335. The van der Waals surface area contributed by atoms with E-state index >= 15 is 0 Å². The van der Waals surface area contributed by atoms with Gasteiger partial charge in [-0.05, 0) is 34.0 Å². The van der Waals surface area contributed by atoms with Crippen molar-refractivity contribution in [1.82, 2.24) is 15.1 Å². The SMILES string of the molecule is CC(CCN(C)C)NC(=O)N1C[C@H](O)C[C@H]1C(=O)O. The zero-order valence-corrected chi connectivity index (χ0v) is 11.7. The summed E-state index contributed by atoms with van der Waals surface area (Å²) in [6, 6.07) is -1.40. The van der Waals surface area contributed by atoms with E-state index in [0.29, 0.717) is 0 Å². The highest BCUT2D eigenvalue weighted by atomic mass is 16.4. The van der Waals surface area contributed by atoms with Crippen LogP contribution in [0.2, 0.25) is 0 Å². The maximum Gasteiger partial charge on any atom is 0.326 e. The lowest BCUT2D eigenvalue weighted by Gasteiger charge is -2.24. The lowest BCUT2D eigenvalue weighted by Crippen LogP contribution is -2.49. The third-order valence-corrected chi connectivity index (χ3v) is 3.20. The van der Waals surface area contributed by atoms with Gasteiger partial charge in [0.15, 0.2) is 0 Å². The quantitative estimate of drug-likeness (QED) is 0.631. The lowest BCUT2D eigenvalue weighted by atomic mass is 10.2. The molecule has 3 N–H and O–H groups in total. The highest BCUT2D eigenvalue weighted by Gasteiger charge is 2.39. The largest absolute Gasteiger partial charge is 0.480 e. The summed E-state index contributed by atoms with van der Waals surface area (Å²) in [6.45, 7) is 2.79. The number of hydrogen-bond acceptors (Lipinski definition) is 4. The van der Waals surface area contributed by atoms with Crippen molar-refractivity contribution in [3.8, 4) is 0 Å². The number of nitrogens with zero attached hydrogens (tertiary/aromatic N) is 2. The molecule has 1 heterocycles. The van der Waals surface area contributed by atoms with Crippen LogP contribution in [0.25, 0.3) is 0 Å². The van der Waals surface area contributed by atoms with E-state index in [1.807, 2.05) is 25.9 Å². The molecule has 7 nitrogen and oxygen atoms in total. The maximum absolute atomic E-state index is 12.0. The number of carboxylic acids is 1. The molecule has 0 saturated carbocycles. The maximum atomic E-state index is 12.0. The second-order valence-corrected chi connectivity index (χ2v) is 5.34. The molecule has 1 fully saturated rings. The number of urea groups is 1. The Hall–Kier alpha value is -1.34. The summed E-state index contributed by atoms with van der Waals surface area (Å²) in [5, 5.41) is 21.3. The first kappa shape index (κ1) is 15.7. The molecule has 19 heavy (non-hydrogen) atoms. The first-order valence-corrected chi connectivity index (χ1v) is 6.44. The highest BCUT2D eigenvalue weighted by Crippen LogP contribution is 2.18. The molecule has 1 saturated heterocycles. The van der Waals surface area contributed by atoms with E-state index < -0.39 is 24.1 Å². The van der Waals surface area contributed by atoms with Crippen molar-refractivity contribution in [1.29, 1.82) is 0 Å². The van der Waals surface area contributed by atoms with Crippen LogP contribution in [0, 0.1) is 0 Å². The fourth-order valence-corrected chi connectivity index (χ4v) is 2.09. The fraction of sp³-hybridized carbons (Fsp3) is 0.833. The molecule has 0 bridgehead atoms. The molecule has 0 aromatic rings. The predicted molar refractivity (Wildman–Crippen MR) is 69.9 cm³/mol. The topological polar surface area (TPSA) is 93.1 Å². The Morgan fingerprint density at radius 1 is 1.47 bits per heavy atom. The number of hydrogen-bond donors (Lipinski definition) is 3. The average molecular weight is 273 g/mol. The zero-order chi connectivity index (χ0) is 14.6. The van der Waals surface area contributed by atoms with Crippen LogP contribution in [0.5, 0.6) is 0 Å². The average Bonchev–Trinajstić information content (AvgIpc) is 2.69. The van der Waals surface area contributed by atoms with Gasteiger partial charge < -0.3 is 25.3 Å². The molecular formula is C12H23N3O4. The fourth-order valence-electron chi connectivity index (χ4n) is 2.09.